The van der Waals surface area contributed by atoms with Gasteiger partial charge in [-0.2, -0.15) is 5.10 Å². The molecule has 2 aromatic rings. The van der Waals surface area contributed by atoms with E-state index in [0.717, 1.165) is 36.8 Å². The molecule has 6 nitrogen and oxygen atoms in total. The van der Waals surface area contributed by atoms with E-state index in [-0.39, 0.29) is 17.3 Å². The van der Waals surface area contributed by atoms with Gasteiger partial charge >= 0.3 is 0 Å². The molecular weight excluding hydrogens is 405 g/mol. The molecule has 0 aromatic heterocycles. The van der Waals surface area contributed by atoms with Crippen LogP contribution < -0.4 is 5.01 Å². The van der Waals surface area contributed by atoms with Gasteiger partial charge in [0.2, 0.25) is 14.9 Å². The molecule has 2 aliphatic rings. The summed E-state index contributed by atoms with van der Waals surface area (Å²) in [6, 6.07) is 10.9. The number of hydrazone groups is 1. The van der Waals surface area contributed by atoms with E-state index in [1.807, 2.05) is 6.92 Å². The summed E-state index contributed by atoms with van der Waals surface area (Å²) in [4.78, 5) is 14.8. The van der Waals surface area contributed by atoms with Gasteiger partial charge in [-0.15, -0.1) is 0 Å². The predicted octanol–water partition coefficient (Wildman–Crippen LogP) is 3.64. The lowest BCUT2D eigenvalue weighted by Gasteiger charge is -2.29. The average Bonchev–Trinajstić information content (AvgIpc) is 3.00. The molecule has 0 aliphatic carbocycles. The van der Waals surface area contributed by atoms with Crippen molar-refractivity contribution in [3.05, 3.63) is 59.4 Å². The topological polar surface area (TPSA) is 70.1 Å². The van der Waals surface area contributed by atoms with Gasteiger partial charge in [0.05, 0.1) is 17.1 Å². The normalized spacial score (nSPS) is 18.4. The minimum atomic E-state index is -4.03. The van der Waals surface area contributed by atoms with E-state index in [9.17, 15) is 17.6 Å². The molecule has 1 amide bonds. The van der Waals surface area contributed by atoms with Crippen LogP contribution in [-0.4, -0.2) is 37.4 Å². The van der Waals surface area contributed by atoms with E-state index >= 15 is 0 Å². The number of benzene rings is 2. The summed E-state index contributed by atoms with van der Waals surface area (Å²) in [6.07, 6.45) is 3.77. The Bertz CT molecular complexity index is 1090. The van der Waals surface area contributed by atoms with E-state index in [4.69, 9.17) is 0 Å². The van der Waals surface area contributed by atoms with Crippen molar-refractivity contribution < 1.29 is 17.6 Å². The summed E-state index contributed by atoms with van der Waals surface area (Å²) < 4.78 is 39.8. The van der Waals surface area contributed by atoms with Crippen LogP contribution in [0.5, 0.6) is 0 Å². The Hall–Kier alpha value is -2.74. The molecule has 2 heterocycles. The molecule has 0 unspecified atom stereocenters. The Morgan fingerprint density at radius 2 is 1.70 bits per heavy atom. The van der Waals surface area contributed by atoms with E-state index in [0.29, 0.717) is 18.8 Å². The SMILES string of the molecule is Cc1ccc2c(c1)N(Cc1ccc(F)cc1)N=C(C(=O)N1CCCCCC1)S2(=O)=O. The van der Waals surface area contributed by atoms with Crippen LogP contribution in [0.15, 0.2) is 52.5 Å². The van der Waals surface area contributed by atoms with E-state index in [1.54, 1.807) is 29.2 Å². The zero-order valence-corrected chi connectivity index (χ0v) is 17.7. The number of rotatable bonds is 3. The molecule has 1 fully saturated rings. The highest BCUT2D eigenvalue weighted by atomic mass is 32.2. The van der Waals surface area contributed by atoms with Crippen molar-refractivity contribution in [1.82, 2.24) is 4.90 Å². The van der Waals surface area contributed by atoms with Crippen molar-refractivity contribution in [2.45, 2.75) is 44.0 Å². The van der Waals surface area contributed by atoms with E-state index in [2.05, 4.69) is 5.10 Å². The highest BCUT2D eigenvalue weighted by molar-refractivity contribution is 8.08. The Balaban J connectivity index is 1.76. The highest BCUT2D eigenvalue weighted by Crippen LogP contribution is 2.34. The lowest BCUT2D eigenvalue weighted by molar-refractivity contribution is -0.123. The molecule has 0 bridgehead atoms. The summed E-state index contributed by atoms with van der Waals surface area (Å²) in [7, 11) is -4.03. The Morgan fingerprint density at radius 3 is 2.37 bits per heavy atom. The number of hydrogen-bond acceptors (Lipinski definition) is 5. The fraction of sp³-hybridized carbons (Fsp3) is 0.364. The molecule has 0 atom stereocenters. The zero-order valence-electron chi connectivity index (χ0n) is 16.8. The molecule has 0 radical (unpaired) electrons. The second-order valence-electron chi connectivity index (χ2n) is 7.77. The van der Waals surface area contributed by atoms with Crippen molar-refractivity contribution in [2.24, 2.45) is 5.10 Å². The first-order chi connectivity index (χ1) is 14.4. The van der Waals surface area contributed by atoms with Gasteiger partial charge in [-0.3, -0.25) is 9.80 Å². The van der Waals surface area contributed by atoms with Crippen molar-refractivity contribution in [3.8, 4) is 0 Å². The summed E-state index contributed by atoms with van der Waals surface area (Å²) in [6.45, 7) is 3.16. The zero-order chi connectivity index (χ0) is 21.3. The summed E-state index contributed by atoms with van der Waals surface area (Å²) in [5.74, 6) is -0.899. The van der Waals surface area contributed by atoms with Crippen molar-refractivity contribution in [3.63, 3.8) is 0 Å². The van der Waals surface area contributed by atoms with Crippen LogP contribution in [0.1, 0.15) is 36.8 Å². The first-order valence-corrected chi connectivity index (χ1v) is 11.6. The summed E-state index contributed by atoms with van der Waals surface area (Å²) >= 11 is 0. The van der Waals surface area contributed by atoms with Crippen molar-refractivity contribution in [2.75, 3.05) is 18.1 Å². The van der Waals surface area contributed by atoms with Gasteiger partial charge in [0.1, 0.15) is 5.82 Å². The third-order valence-corrected chi connectivity index (χ3v) is 7.16. The third-order valence-electron chi connectivity index (χ3n) is 5.47. The highest BCUT2D eigenvalue weighted by Gasteiger charge is 2.39. The number of carbonyl (C=O) groups is 1. The number of fused-ring (bicyclic) bond motifs is 1. The molecule has 8 heteroatoms. The second-order valence-corrected chi connectivity index (χ2v) is 9.60. The number of sulfone groups is 1. The first-order valence-electron chi connectivity index (χ1n) is 10.1. The standard InChI is InChI=1S/C22H24FN3O3S/c1-16-6-11-20-19(14-16)26(15-17-7-9-18(23)10-8-17)24-21(30(20,28)29)22(27)25-12-4-2-3-5-13-25/h6-11,14H,2-5,12-13,15H2,1H3. The number of carbonyl (C=O) groups excluding carboxylic acids is 1. The van der Waals surface area contributed by atoms with Gasteiger partial charge < -0.3 is 4.90 Å². The lowest BCUT2D eigenvalue weighted by atomic mass is 10.2. The fourth-order valence-electron chi connectivity index (χ4n) is 3.83. The molecule has 0 saturated carbocycles. The van der Waals surface area contributed by atoms with Crippen molar-refractivity contribution in [1.29, 1.82) is 0 Å². The number of halogens is 1. The van der Waals surface area contributed by atoms with E-state index < -0.39 is 20.8 Å². The number of aryl methyl sites for hydroxylation is 1. The monoisotopic (exact) mass is 429 g/mol. The van der Waals surface area contributed by atoms with Crippen LogP contribution >= 0.6 is 0 Å². The number of hydrogen-bond donors (Lipinski definition) is 0. The van der Waals surface area contributed by atoms with Crippen LogP contribution in [0.2, 0.25) is 0 Å². The van der Waals surface area contributed by atoms with Crippen LogP contribution in [0.4, 0.5) is 10.1 Å². The minimum Gasteiger partial charge on any atom is -0.337 e. The Morgan fingerprint density at radius 1 is 1.03 bits per heavy atom. The number of anilines is 1. The maximum atomic E-state index is 13.3. The van der Waals surface area contributed by atoms with Crippen LogP contribution in [0.3, 0.4) is 0 Å². The largest absolute Gasteiger partial charge is 0.337 e. The smallest absolute Gasteiger partial charge is 0.286 e. The average molecular weight is 430 g/mol. The molecule has 2 aliphatic heterocycles. The third kappa shape index (κ3) is 3.96. The maximum absolute atomic E-state index is 13.3. The summed E-state index contributed by atoms with van der Waals surface area (Å²) in [5, 5.41) is 5.41. The van der Waals surface area contributed by atoms with Crippen LogP contribution in [-0.2, 0) is 21.2 Å². The quantitative estimate of drug-likeness (QED) is 0.747. The maximum Gasteiger partial charge on any atom is 0.286 e. The molecule has 0 spiro atoms. The van der Waals surface area contributed by atoms with Gasteiger partial charge in [-0.25, -0.2) is 12.8 Å². The van der Waals surface area contributed by atoms with Gasteiger partial charge in [0, 0.05) is 13.1 Å². The summed E-state index contributed by atoms with van der Waals surface area (Å²) in [5.41, 5.74) is 2.06. The fourth-order valence-corrected chi connectivity index (χ4v) is 5.29. The molecule has 1 saturated heterocycles. The molecule has 158 valence electrons. The van der Waals surface area contributed by atoms with Crippen LogP contribution in [0.25, 0.3) is 0 Å². The molecule has 4 rings (SSSR count). The lowest BCUT2D eigenvalue weighted by Crippen LogP contribution is -2.43. The predicted molar refractivity (Wildman–Crippen MR) is 113 cm³/mol. The van der Waals surface area contributed by atoms with Crippen LogP contribution in [0, 0.1) is 12.7 Å². The number of nitrogens with zero attached hydrogens (tertiary/aromatic N) is 3. The van der Waals surface area contributed by atoms with E-state index in [1.165, 1.54) is 23.2 Å². The van der Waals surface area contributed by atoms with Gasteiger partial charge in [-0.05, 0) is 55.2 Å². The Labute approximate surface area is 175 Å². The van der Waals surface area contributed by atoms with Crippen molar-refractivity contribution >= 4 is 26.5 Å². The van der Waals surface area contributed by atoms with Gasteiger partial charge in [0.25, 0.3) is 5.91 Å². The first kappa shape index (κ1) is 20.5. The van der Waals surface area contributed by atoms with Gasteiger partial charge in [0.15, 0.2) is 0 Å². The number of amides is 1. The van der Waals surface area contributed by atoms with Gasteiger partial charge in [-0.1, -0.05) is 31.0 Å². The number of likely N-dealkylation sites (tertiary alicyclic amines) is 1. The second kappa shape index (κ2) is 8.18. The molecular formula is C22H24FN3O3S. The molecule has 0 N–H and O–H groups in total. The minimum absolute atomic E-state index is 0.0726. The Kier molecular flexibility index (Phi) is 5.60. The molecule has 2 aromatic carbocycles. The molecule has 30 heavy (non-hydrogen) atoms.